The van der Waals surface area contributed by atoms with E-state index in [4.69, 9.17) is 0 Å². The summed E-state index contributed by atoms with van der Waals surface area (Å²) in [6.45, 7) is 3.32. The van der Waals surface area contributed by atoms with Crippen molar-refractivity contribution in [3.63, 3.8) is 0 Å². The van der Waals surface area contributed by atoms with Crippen molar-refractivity contribution in [3.8, 4) is 0 Å². The molecule has 1 aliphatic carbocycles. The van der Waals surface area contributed by atoms with Gasteiger partial charge in [-0.15, -0.1) is 0 Å². The molecule has 0 spiro atoms. The van der Waals surface area contributed by atoms with E-state index in [9.17, 15) is 22.0 Å². The van der Waals surface area contributed by atoms with Crippen molar-refractivity contribution in [2.45, 2.75) is 32.9 Å². The second kappa shape index (κ2) is 2.36. The molecule has 13 heavy (non-hydrogen) atoms. The molecular formula is C8H11F5. The molecule has 1 saturated carbocycles. The van der Waals surface area contributed by atoms with Gasteiger partial charge in [-0.1, -0.05) is 20.8 Å². The third kappa shape index (κ3) is 0.958. The molecule has 1 rings (SSSR count). The van der Waals surface area contributed by atoms with Crippen LogP contribution in [0.5, 0.6) is 0 Å². The Bertz CT molecular complexity index is 205. The maximum atomic E-state index is 12.9. The van der Waals surface area contributed by atoms with Crippen LogP contribution in [0.2, 0.25) is 0 Å². The molecular weight excluding hydrogens is 191 g/mol. The van der Waals surface area contributed by atoms with E-state index in [0.717, 1.165) is 6.92 Å². The molecule has 1 fully saturated rings. The molecule has 2 unspecified atom stereocenters. The Morgan fingerprint density at radius 1 is 1.15 bits per heavy atom. The van der Waals surface area contributed by atoms with Crippen molar-refractivity contribution in [2.75, 3.05) is 0 Å². The highest BCUT2D eigenvalue weighted by Gasteiger charge is 2.89. The van der Waals surface area contributed by atoms with Crippen LogP contribution < -0.4 is 0 Å². The van der Waals surface area contributed by atoms with E-state index in [-0.39, 0.29) is 0 Å². The number of hydrogen-bond acceptors (Lipinski definition) is 0. The third-order valence-corrected chi connectivity index (χ3v) is 3.07. The second-order valence-electron chi connectivity index (χ2n) is 3.87. The summed E-state index contributed by atoms with van der Waals surface area (Å²) in [5, 5.41) is 0. The molecule has 1 aliphatic rings. The predicted molar refractivity (Wildman–Crippen MR) is 37.4 cm³/mol. The van der Waals surface area contributed by atoms with Crippen molar-refractivity contribution < 1.29 is 22.0 Å². The summed E-state index contributed by atoms with van der Waals surface area (Å²) in [6.07, 6.45) is -4.82. The van der Waals surface area contributed by atoms with Gasteiger partial charge in [-0.05, 0) is 5.92 Å². The van der Waals surface area contributed by atoms with Crippen LogP contribution >= 0.6 is 0 Å². The van der Waals surface area contributed by atoms with Gasteiger partial charge >= 0.3 is 6.18 Å². The van der Waals surface area contributed by atoms with Gasteiger partial charge in [0.05, 0.1) is 0 Å². The molecule has 0 nitrogen and oxygen atoms in total. The van der Waals surface area contributed by atoms with Gasteiger partial charge in [-0.3, -0.25) is 0 Å². The summed E-state index contributed by atoms with van der Waals surface area (Å²) in [5.74, 6) is -6.28. The first-order chi connectivity index (χ1) is 5.60. The minimum Gasteiger partial charge on any atom is -0.205 e. The average molecular weight is 202 g/mol. The summed E-state index contributed by atoms with van der Waals surface area (Å²) in [7, 11) is 0. The quantitative estimate of drug-likeness (QED) is 0.571. The lowest BCUT2D eigenvalue weighted by molar-refractivity contribution is -0.227. The molecule has 0 heterocycles. The van der Waals surface area contributed by atoms with Gasteiger partial charge in [0.1, 0.15) is 5.41 Å². The van der Waals surface area contributed by atoms with Crippen molar-refractivity contribution >= 4 is 0 Å². The molecule has 2 atom stereocenters. The van der Waals surface area contributed by atoms with E-state index in [2.05, 4.69) is 0 Å². The zero-order valence-corrected chi connectivity index (χ0v) is 7.54. The first kappa shape index (κ1) is 10.7. The molecule has 0 saturated heterocycles. The lowest BCUT2D eigenvalue weighted by Gasteiger charge is -2.24. The largest absolute Gasteiger partial charge is 0.401 e. The van der Waals surface area contributed by atoms with Crippen LogP contribution in [-0.4, -0.2) is 12.1 Å². The maximum Gasteiger partial charge on any atom is 0.401 e. The number of halogens is 5. The van der Waals surface area contributed by atoms with E-state index < -0.39 is 29.3 Å². The fourth-order valence-electron chi connectivity index (χ4n) is 2.24. The lowest BCUT2D eigenvalue weighted by atomic mass is 9.89. The van der Waals surface area contributed by atoms with Crippen molar-refractivity contribution in [3.05, 3.63) is 0 Å². The zero-order valence-electron chi connectivity index (χ0n) is 7.54. The summed E-state index contributed by atoms with van der Waals surface area (Å²) >= 11 is 0. The zero-order chi connectivity index (χ0) is 10.7. The summed E-state index contributed by atoms with van der Waals surface area (Å²) in [5.41, 5.74) is -2.79. The molecule has 0 N–H and O–H groups in total. The van der Waals surface area contributed by atoms with Crippen molar-refractivity contribution in [1.29, 1.82) is 0 Å². The Morgan fingerprint density at radius 3 is 1.46 bits per heavy atom. The standard InChI is InChI=1S/C8H11F5/c1-4(2)6(8(11,12)13)5(3)7(6,9)10/h4-5H,1-3H3. The van der Waals surface area contributed by atoms with E-state index in [1.165, 1.54) is 13.8 Å². The Labute approximate surface area is 73.1 Å². The van der Waals surface area contributed by atoms with Gasteiger partial charge in [-0.2, -0.15) is 13.2 Å². The van der Waals surface area contributed by atoms with Crippen LogP contribution in [0.4, 0.5) is 22.0 Å². The van der Waals surface area contributed by atoms with Gasteiger partial charge in [0.25, 0.3) is 5.92 Å². The normalized spacial score (nSPS) is 38.1. The van der Waals surface area contributed by atoms with E-state index >= 15 is 0 Å². The molecule has 78 valence electrons. The van der Waals surface area contributed by atoms with Gasteiger partial charge < -0.3 is 0 Å². The molecule has 0 amide bonds. The predicted octanol–water partition coefficient (Wildman–Crippen LogP) is 3.48. The highest BCUT2D eigenvalue weighted by atomic mass is 19.4. The molecule has 5 heteroatoms. The highest BCUT2D eigenvalue weighted by Crippen LogP contribution is 2.75. The molecule has 0 aliphatic heterocycles. The van der Waals surface area contributed by atoms with Gasteiger partial charge in [0, 0.05) is 5.92 Å². The molecule has 0 radical (unpaired) electrons. The molecule has 0 bridgehead atoms. The first-order valence-electron chi connectivity index (χ1n) is 4.04. The molecule has 0 aromatic rings. The van der Waals surface area contributed by atoms with Crippen LogP contribution in [0.25, 0.3) is 0 Å². The third-order valence-electron chi connectivity index (χ3n) is 3.07. The summed E-state index contributed by atoms with van der Waals surface area (Å²) < 4.78 is 63.0. The van der Waals surface area contributed by atoms with Crippen LogP contribution in [-0.2, 0) is 0 Å². The number of rotatable bonds is 1. The Hall–Kier alpha value is -0.350. The van der Waals surface area contributed by atoms with Gasteiger partial charge in [0.15, 0.2) is 0 Å². The fourth-order valence-corrected chi connectivity index (χ4v) is 2.24. The van der Waals surface area contributed by atoms with Gasteiger partial charge in [0.2, 0.25) is 0 Å². The topological polar surface area (TPSA) is 0 Å². The Kier molecular flexibility index (Phi) is 1.95. The summed E-state index contributed by atoms with van der Waals surface area (Å²) in [4.78, 5) is 0. The van der Waals surface area contributed by atoms with E-state index in [1.807, 2.05) is 0 Å². The van der Waals surface area contributed by atoms with E-state index in [0.29, 0.717) is 0 Å². The Balaban J connectivity index is 3.10. The molecule has 0 aromatic carbocycles. The van der Waals surface area contributed by atoms with Crippen LogP contribution in [0.1, 0.15) is 20.8 Å². The fraction of sp³-hybridized carbons (Fsp3) is 1.00. The van der Waals surface area contributed by atoms with Crippen LogP contribution in [0, 0.1) is 17.3 Å². The van der Waals surface area contributed by atoms with Crippen molar-refractivity contribution in [2.24, 2.45) is 17.3 Å². The minimum absolute atomic E-state index is 0.952. The van der Waals surface area contributed by atoms with Gasteiger partial charge in [-0.25, -0.2) is 8.78 Å². The number of alkyl halides is 5. The average Bonchev–Trinajstić information content (AvgIpc) is 2.26. The minimum atomic E-state index is -4.82. The first-order valence-corrected chi connectivity index (χ1v) is 4.04. The lowest BCUT2D eigenvalue weighted by Crippen LogP contribution is -2.35. The second-order valence-corrected chi connectivity index (χ2v) is 3.87. The van der Waals surface area contributed by atoms with E-state index in [1.54, 1.807) is 0 Å². The number of hydrogen-bond donors (Lipinski definition) is 0. The van der Waals surface area contributed by atoms with Crippen LogP contribution in [0.15, 0.2) is 0 Å². The smallest absolute Gasteiger partial charge is 0.205 e. The summed E-state index contributed by atoms with van der Waals surface area (Å²) in [6, 6.07) is 0. The monoisotopic (exact) mass is 202 g/mol. The maximum absolute atomic E-state index is 12.9. The SMILES string of the molecule is CC(C)C1(C(F)(F)F)C(C)C1(F)F. The van der Waals surface area contributed by atoms with Crippen molar-refractivity contribution in [1.82, 2.24) is 0 Å². The van der Waals surface area contributed by atoms with Crippen LogP contribution in [0.3, 0.4) is 0 Å². The highest BCUT2D eigenvalue weighted by molar-refractivity contribution is 5.21. The molecule has 0 aromatic heterocycles. The Morgan fingerprint density at radius 2 is 1.46 bits per heavy atom.